The van der Waals surface area contributed by atoms with Crippen LogP contribution in [0.2, 0.25) is 0 Å². The van der Waals surface area contributed by atoms with E-state index in [-0.39, 0.29) is 0 Å². The van der Waals surface area contributed by atoms with E-state index in [0.29, 0.717) is 17.5 Å². The Kier molecular flexibility index (Phi) is 6.15. The summed E-state index contributed by atoms with van der Waals surface area (Å²) in [5, 5.41) is 8.77. The third kappa shape index (κ3) is 4.25. The lowest BCUT2D eigenvalue weighted by molar-refractivity contribution is 0.668. The second kappa shape index (κ2) is 11.2. The van der Waals surface area contributed by atoms with Crippen molar-refractivity contribution in [1.29, 1.82) is 0 Å². The molecule has 0 aliphatic heterocycles. The lowest BCUT2D eigenvalue weighted by Crippen LogP contribution is -2.04. The first-order valence-electron chi connectivity index (χ1n) is 17.3. The maximum Gasteiger partial charge on any atom is 0.166 e. The van der Waals surface area contributed by atoms with E-state index < -0.39 is 0 Å². The van der Waals surface area contributed by atoms with Gasteiger partial charge in [-0.2, -0.15) is 0 Å². The summed E-state index contributed by atoms with van der Waals surface area (Å²) in [5.41, 5.74) is 7.45. The molecule has 0 aliphatic carbocycles. The Balaban J connectivity index is 1.24. The molecule has 6 heteroatoms. The van der Waals surface area contributed by atoms with Gasteiger partial charge >= 0.3 is 0 Å². The molecule has 0 bridgehead atoms. The number of fused-ring (bicyclic) bond motifs is 9. The minimum absolute atomic E-state index is 0.561. The molecule has 0 aliphatic rings. The third-order valence-electron chi connectivity index (χ3n) is 10.1. The summed E-state index contributed by atoms with van der Waals surface area (Å²) in [6.45, 7) is 0. The molecule has 0 fully saturated rings. The van der Waals surface area contributed by atoms with Gasteiger partial charge in [0.05, 0.1) is 16.7 Å². The van der Waals surface area contributed by atoms with E-state index in [1.54, 1.807) is 6.20 Å². The SMILES string of the molecule is c1ccc(-n2c3ccccc3c3ccccc32)c(-c2nc(-c3cc4ccccc4c4ccccc34)nc(-c3cccc4oc5ccncc5c34)n2)c1. The first-order valence-corrected chi connectivity index (χ1v) is 17.3. The van der Waals surface area contributed by atoms with Gasteiger partial charge in [-0.1, -0.05) is 109 Å². The van der Waals surface area contributed by atoms with Crippen LogP contribution in [0.4, 0.5) is 0 Å². The predicted molar refractivity (Wildman–Crippen MR) is 211 cm³/mol. The van der Waals surface area contributed by atoms with Crippen molar-refractivity contribution in [2.75, 3.05) is 0 Å². The molecule has 242 valence electrons. The molecule has 0 saturated heterocycles. The van der Waals surface area contributed by atoms with Crippen LogP contribution in [-0.4, -0.2) is 24.5 Å². The highest BCUT2D eigenvalue weighted by atomic mass is 16.3. The fourth-order valence-electron chi connectivity index (χ4n) is 7.87. The zero-order valence-corrected chi connectivity index (χ0v) is 27.7. The molecule has 0 N–H and O–H groups in total. The maximum absolute atomic E-state index is 6.29. The zero-order chi connectivity index (χ0) is 34.2. The second-order valence-corrected chi connectivity index (χ2v) is 13.0. The van der Waals surface area contributed by atoms with Gasteiger partial charge in [0.25, 0.3) is 0 Å². The minimum Gasteiger partial charge on any atom is -0.456 e. The molecular weight excluding hydrogens is 639 g/mol. The van der Waals surface area contributed by atoms with Crippen molar-refractivity contribution >= 4 is 65.3 Å². The van der Waals surface area contributed by atoms with Crippen molar-refractivity contribution < 1.29 is 4.42 Å². The summed E-state index contributed by atoms with van der Waals surface area (Å²) >= 11 is 0. The lowest BCUT2D eigenvalue weighted by atomic mass is 9.96. The van der Waals surface area contributed by atoms with Gasteiger partial charge in [-0.05, 0) is 64.0 Å². The van der Waals surface area contributed by atoms with E-state index in [4.69, 9.17) is 19.4 Å². The van der Waals surface area contributed by atoms with Crippen molar-refractivity contribution in [2.24, 2.45) is 0 Å². The Labute approximate surface area is 297 Å². The summed E-state index contributed by atoms with van der Waals surface area (Å²) in [4.78, 5) is 20.4. The molecular formula is C46H27N5O. The number of benzene rings is 7. The number of para-hydroxylation sites is 3. The molecule has 6 nitrogen and oxygen atoms in total. The van der Waals surface area contributed by atoms with Crippen molar-refractivity contribution in [1.82, 2.24) is 24.5 Å². The van der Waals surface area contributed by atoms with E-state index in [1.807, 2.05) is 24.4 Å². The molecule has 4 aromatic heterocycles. The van der Waals surface area contributed by atoms with Crippen LogP contribution >= 0.6 is 0 Å². The van der Waals surface area contributed by atoms with E-state index in [9.17, 15) is 0 Å². The Morgan fingerprint density at radius 1 is 0.423 bits per heavy atom. The average molecular weight is 666 g/mol. The molecule has 52 heavy (non-hydrogen) atoms. The third-order valence-corrected chi connectivity index (χ3v) is 10.1. The maximum atomic E-state index is 6.29. The highest BCUT2D eigenvalue weighted by Gasteiger charge is 2.22. The molecule has 0 radical (unpaired) electrons. The van der Waals surface area contributed by atoms with E-state index in [1.165, 1.54) is 16.2 Å². The largest absolute Gasteiger partial charge is 0.456 e. The summed E-state index contributed by atoms with van der Waals surface area (Å²) in [5.74, 6) is 1.74. The Bertz CT molecular complexity index is 3160. The first-order chi connectivity index (χ1) is 25.8. The standard InChI is InChI=1S/C46H27N5O/c1-2-13-29-28(12-1)26-36(31-15-4-3-14-30(29)31)46-49-44(48-45(50-46)35-19-11-23-42-43(35)37-27-47-25-24-41(37)52-42)34-18-7-10-22-40(34)51-38-20-8-5-16-32(38)33-17-6-9-21-39(33)51/h1-27H. The van der Waals surface area contributed by atoms with Crippen molar-refractivity contribution in [2.45, 2.75) is 0 Å². The van der Waals surface area contributed by atoms with Gasteiger partial charge in [0.15, 0.2) is 17.5 Å². The topological polar surface area (TPSA) is 69.6 Å². The summed E-state index contributed by atoms with van der Waals surface area (Å²) in [7, 11) is 0. The zero-order valence-electron chi connectivity index (χ0n) is 27.7. The van der Waals surface area contributed by atoms with Gasteiger partial charge in [-0.15, -0.1) is 0 Å². The number of aromatic nitrogens is 5. The molecule has 0 spiro atoms. The number of hydrogen-bond acceptors (Lipinski definition) is 5. The van der Waals surface area contributed by atoms with Crippen molar-refractivity contribution in [3.8, 4) is 39.9 Å². The van der Waals surface area contributed by atoms with Gasteiger partial charge in [0.2, 0.25) is 0 Å². The number of pyridine rings is 1. The quantitative estimate of drug-likeness (QED) is 0.175. The van der Waals surface area contributed by atoms with Crippen LogP contribution in [0.5, 0.6) is 0 Å². The smallest absolute Gasteiger partial charge is 0.166 e. The lowest BCUT2D eigenvalue weighted by Gasteiger charge is -2.15. The minimum atomic E-state index is 0.561. The summed E-state index contributed by atoms with van der Waals surface area (Å²) in [6.07, 6.45) is 3.60. The molecule has 7 aromatic carbocycles. The van der Waals surface area contributed by atoms with Crippen LogP contribution in [0.25, 0.3) is 105 Å². The average Bonchev–Trinajstić information content (AvgIpc) is 3.76. The molecule has 11 rings (SSSR count). The van der Waals surface area contributed by atoms with E-state index in [0.717, 1.165) is 71.5 Å². The Morgan fingerprint density at radius 2 is 1.02 bits per heavy atom. The second-order valence-electron chi connectivity index (χ2n) is 13.0. The molecule has 0 unspecified atom stereocenters. The number of furan rings is 1. The van der Waals surface area contributed by atoms with Crippen LogP contribution in [0.1, 0.15) is 0 Å². The summed E-state index contributed by atoms with van der Waals surface area (Å²) < 4.78 is 8.61. The van der Waals surface area contributed by atoms with Crippen molar-refractivity contribution in [3.05, 3.63) is 164 Å². The summed E-state index contributed by atoms with van der Waals surface area (Å²) in [6, 6.07) is 52.6. The molecule has 4 heterocycles. The van der Waals surface area contributed by atoms with Gasteiger partial charge in [0, 0.05) is 50.6 Å². The van der Waals surface area contributed by atoms with E-state index >= 15 is 0 Å². The molecule has 11 aromatic rings. The number of rotatable bonds is 4. The predicted octanol–water partition coefficient (Wildman–Crippen LogP) is 11.6. The fraction of sp³-hybridized carbons (Fsp3) is 0. The van der Waals surface area contributed by atoms with Crippen LogP contribution in [-0.2, 0) is 0 Å². The van der Waals surface area contributed by atoms with Gasteiger partial charge in [-0.25, -0.2) is 15.0 Å². The molecule has 0 atom stereocenters. The normalized spacial score (nSPS) is 11.8. The monoisotopic (exact) mass is 665 g/mol. The van der Waals surface area contributed by atoms with Gasteiger partial charge in [0.1, 0.15) is 11.2 Å². The Morgan fingerprint density at radius 3 is 1.81 bits per heavy atom. The number of nitrogens with zero attached hydrogens (tertiary/aromatic N) is 5. The van der Waals surface area contributed by atoms with E-state index in [2.05, 4.69) is 143 Å². The van der Waals surface area contributed by atoms with Crippen LogP contribution in [0, 0.1) is 0 Å². The highest BCUT2D eigenvalue weighted by Crippen LogP contribution is 2.40. The molecule has 0 saturated carbocycles. The van der Waals surface area contributed by atoms with Crippen molar-refractivity contribution in [3.63, 3.8) is 0 Å². The van der Waals surface area contributed by atoms with Crippen LogP contribution < -0.4 is 0 Å². The van der Waals surface area contributed by atoms with Gasteiger partial charge in [-0.3, -0.25) is 4.98 Å². The first kappa shape index (κ1) is 28.6. The van der Waals surface area contributed by atoms with Gasteiger partial charge < -0.3 is 8.98 Å². The van der Waals surface area contributed by atoms with Crippen LogP contribution in [0.3, 0.4) is 0 Å². The molecule has 0 amide bonds. The highest BCUT2D eigenvalue weighted by molar-refractivity contribution is 6.14. The Hall–Kier alpha value is -7.18. The van der Waals surface area contributed by atoms with Crippen LogP contribution in [0.15, 0.2) is 168 Å². The fourth-order valence-corrected chi connectivity index (χ4v) is 7.87. The number of hydrogen-bond donors (Lipinski definition) is 0.